The second-order valence-corrected chi connectivity index (χ2v) is 7.98. The molecule has 2 heterocycles. The van der Waals surface area contributed by atoms with Crippen LogP contribution in [0.15, 0.2) is 66.9 Å². The Kier molecular flexibility index (Phi) is 6.49. The predicted octanol–water partition coefficient (Wildman–Crippen LogP) is 3.34. The van der Waals surface area contributed by atoms with Crippen LogP contribution in [0.3, 0.4) is 0 Å². The molecule has 0 spiro atoms. The lowest BCUT2D eigenvalue weighted by molar-refractivity contribution is -0.124. The second-order valence-electron chi connectivity index (χ2n) is 6.98. The topological polar surface area (TPSA) is 71.5 Å². The number of benzene rings is 2. The fraction of sp³-hybridized carbons (Fsp3) is 0.261. The molecule has 0 bridgehead atoms. The maximum atomic E-state index is 12.7. The highest BCUT2D eigenvalue weighted by atomic mass is 32.2. The van der Waals surface area contributed by atoms with E-state index in [-0.39, 0.29) is 11.8 Å². The van der Waals surface area contributed by atoms with E-state index in [1.54, 1.807) is 35.0 Å². The summed E-state index contributed by atoms with van der Waals surface area (Å²) < 4.78 is 5.86. The summed E-state index contributed by atoms with van der Waals surface area (Å²) in [7, 11) is 0. The lowest BCUT2D eigenvalue weighted by Crippen LogP contribution is -2.47. The Morgan fingerprint density at radius 1 is 1.10 bits per heavy atom. The third kappa shape index (κ3) is 4.57. The lowest BCUT2D eigenvalue weighted by atomic mass is 10.1. The van der Waals surface area contributed by atoms with Crippen molar-refractivity contribution in [1.82, 2.24) is 15.2 Å². The number of rotatable bonds is 7. The standard InChI is InChI=1S/C23H23N3O3S/c27-22(19-15-30-16-26(19)23(28)18-7-2-1-3-8-18)25-13-6-14-29-20-11-4-9-17-10-5-12-24-21(17)20/h1-5,7-12,19H,6,13-16H2,(H,25,27). The summed E-state index contributed by atoms with van der Waals surface area (Å²) in [5.74, 6) is 1.67. The minimum Gasteiger partial charge on any atom is -0.491 e. The molecule has 1 aromatic heterocycles. The van der Waals surface area contributed by atoms with E-state index in [9.17, 15) is 9.59 Å². The molecule has 7 heteroatoms. The number of carbonyl (C=O) groups excluding carboxylic acids is 2. The Balaban J connectivity index is 1.26. The van der Waals surface area contributed by atoms with Gasteiger partial charge in [-0.25, -0.2) is 0 Å². The van der Waals surface area contributed by atoms with E-state index in [0.29, 0.717) is 36.8 Å². The SMILES string of the molecule is O=C(NCCCOc1cccc2cccnc12)C1CSCN1C(=O)c1ccccc1. The van der Waals surface area contributed by atoms with Crippen molar-refractivity contribution >= 4 is 34.5 Å². The number of para-hydroxylation sites is 1. The van der Waals surface area contributed by atoms with Gasteiger partial charge in [0.1, 0.15) is 17.3 Å². The van der Waals surface area contributed by atoms with Crippen LogP contribution >= 0.6 is 11.8 Å². The van der Waals surface area contributed by atoms with Gasteiger partial charge in [0.15, 0.2) is 0 Å². The molecule has 154 valence electrons. The number of pyridine rings is 1. The van der Waals surface area contributed by atoms with E-state index in [1.807, 2.05) is 48.5 Å². The highest BCUT2D eigenvalue weighted by Crippen LogP contribution is 2.24. The zero-order valence-corrected chi connectivity index (χ0v) is 17.3. The van der Waals surface area contributed by atoms with Gasteiger partial charge in [-0.05, 0) is 30.7 Å². The first-order valence-electron chi connectivity index (χ1n) is 9.92. The minimum atomic E-state index is -0.439. The monoisotopic (exact) mass is 421 g/mol. The minimum absolute atomic E-state index is 0.104. The first kappa shape index (κ1) is 20.2. The number of fused-ring (bicyclic) bond motifs is 1. The fourth-order valence-corrected chi connectivity index (χ4v) is 4.54. The van der Waals surface area contributed by atoms with Gasteiger partial charge in [0.2, 0.25) is 5.91 Å². The fourth-order valence-electron chi connectivity index (χ4n) is 3.38. The first-order chi connectivity index (χ1) is 14.7. The summed E-state index contributed by atoms with van der Waals surface area (Å²) in [6, 6.07) is 18.4. The number of ether oxygens (including phenoxy) is 1. The smallest absolute Gasteiger partial charge is 0.255 e. The van der Waals surface area contributed by atoms with Crippen LogP contribution in [0.25, 0.3) is 10.9 Å². The molecule has 0 saturated carbocycles. The normalized spacial score (nSPS) is 15.9. The van der Waals surface area contributed by atoms with Crippen molar-refractivity contribution in [2.24, 2.45) is 0 Å². The Bertz CT molecular complexity index is 1020. The molecule has 1 aliphatic heterocycles. The van der Waals surface area contributed by atoms with Crippen LogP contribution in [0.1, 0.15) is 16.8 Å². The van der Waals surface area contributed by atoms with Crippen LogP contribution in [0.4, 0.5) is 0 Å². The van der Waals surface area contributed by atoms with E-state index in [2.05, 4.69) is 10.3 Å². The van der Waals surface area contributed by atoms with Gasteiger partial charge in [-0.15, -0.1) is 11.8 Å². The van der Waals surface area contributed by atoms with Crippen molar-refractivity contribution in [1.29, 1.82) is 0 Å². The number of hydrogen-bond donors (Lipinski definition) is 1. The molecule has 30 heavy (non-hydrogen) atoms. The van der Waals surface area contributed by atoms with Gasteiger partial charge in [0.05, 0.1) is 12.5 Å². The molecule has 0 radical (unpaired) electrons. The van der Waals surface area contributed by atoms with E-state index in [0.717, 1.165) is 16.7 Å². The highest BCUT2D eigenvalue weighted by molar-refractivity contribution is 7.99. The van der Waals surface area contributed by atoms with Crippen LogP contribution < -0.4 is 10.1 Å². The van der Waals surface area contributed by atoms with Crippen LogP contribution in [-0.4, -0.2) is 52.5 Å². The van der Waals surface area contributed by atoms with E-state index < -0.39 is 6.04 Å². The maximum absolute atomic E-state index is 12.7. The van der Waals surface area contributed by atoms with Crippen molar-refractivity contribution in [3.8, 4) is 5.75 Å². The summed E-state index contributed by atoms with van der Waals surface area (Å²) in [5.41, 5.74) is 1.44. The van der Waals surface area contributed by atoms with E-state index >= 15 is 0 Å². The molecule has 1 aliphatic rings. The molecule has 2 aromatic carbocycles. The van der Waals surface area contributed by atoms with Gasteiger partial charge in [-0.2, -0.15) is 0 Å². The molecular weight excluding hydrogens is 398 g/mol. The second kappa shape index (κ2) is 9.63. The molecule has 1 saturated heterocycles. The molecule has 1 unspecified atom stereocenters. The Labute approximate surface area is 179 Å². The molecule has 1 N–H and O–H groups in total. The largest absolute Gasteiger partial charge is 0.491 e. The van der Waals surface area contributed by atoms with Crippen molar-refractivity contribution < 1.29 is 14.3 Å². The van der Waals surface area contributed by atoms with Gasteiger partial charge in [-0.3, -0.25) is 14.6 Å². The van der Waals surface area contributed by atoms with E-state index in [1.165, 1.54) is 0 Å². The third-order valence-electron chi connectivity index (χ3n) is 4.94. The summed E-state index contributed by atoms with van der Waals surface area (Å²) in [5, 5.41) is 3.98. The maximum Gasteiger partial charge on any atom is 0.255 e. The lowest BCUT2D eigenvalue weighted by Gasteiger charge is -2.23. The average molecular weight is 422 g/mol. The quantitative estimate of drug-likeness (QED) is 0.593. The van der Waals surface area contributed by atoms with Crippen LogP contribution in [-0.2, 0) is 4.79 Å². The van der Waals surface area contributed by atoms with Crippen molar-refractivity contribution in [2.75, 3.05) is 24.8 Å². The Morgan fingerprint density at radius 2 is 1.93 bits per heavy atom. The summed E-state index contributed by atoms with van der Waals surface area (Å²) >= 11 is 1.60. The number of amides is 2. The Hall–Kier alpha value is -3.06. The molecule has 1 fully saturated rings. The number of aromatic nitrogens is 1. The van der Waals surface area contributed by atoms with Crippen molar-refractivity contribution in [2.45, 2.75) is 12.5 Å². The van der Waals surface area contributed by atoms with Crippen molar-refractivity contribution in [3.63, 3.8) is 0 Å². The first-order valence-corrected chi connectivity index (χ1v) is 11.1. The van der Waals surface area contributed by atoms with Crippen molar-refractivity contribution in [3.05, 3.63) is 72.4 Å². The molecule has 1 atom stereocenters. The zero-order chi connectivity index (χ0) is 20.8. The van der Waals surface area contributed by atoms with Gasteiger partial charge in [-0.1, -0.05) is 36.4 Å². The van der Waals surface area contributed by atoms with Gasteiger partial charge in [0.25, 0.3) is 5.91 Å². The Morgan fingerprint density at radius 3 is 2.80 bits per heavy atom. The average Bonchev–Trinajstić information content (AvgIpc) is 3.29. The van der Waals surface area contributed by atoms with Crippen LogP contribution in [0.2, 0.25) is 0 Å². The molecule has 3 aromatic rings. The molecule has 4 rings (SSSR count). The predicted molar refractivity (Wildman–Crippen MR) is 119 cm³/mol. The van der Waals surface area contributed by atoms with Gasteiger partial charge in [0, 0.05) is 29.4 Å². The summed E-state index contributed by atoms with van der Waals surface area (Å²) in [6.07, 6.45) is 2.42. The molecule has 6 nitrogen and oxygen atoms in total. The highest BCUT2D eigenvalue weighted by Gasteiger charge is 2.34. The van der Waals surface area contributed by atoms with Crippen LogP contribution in [0, 0.1) is 0 Å². The summed E-state index contributed by atoms with van der Waals surface area (Å²) in [6.45, 7) is 0.966. The number of carbonyl (C=O) groups is 2. The number of nitrogens with one attached hydrogen (secondary N) is 1. The third-order valence-corrected chi connectivity index (χ3v) is 5.95. The number of hydrogen-bond acceptors (Lipinski definition) is 5. The number of thioether (sulfide) groups is 1. The van der Waals surface area contributed by atoms with Crippen LogP contribution in [0.5, 0.6) is 5.75 Å². The summed E-state index contributed by atoms with van der Waals surface area (Å²) in [4.78, 5) is 31.4. The molecule has 2 amide bonds. The van der Waals surface area contributed by atoms with Gasteiger partial charge >= 0.3 is 0 Å². The molecule has 0 aliphatic carbocycles. The van der Waals surface area contributed by atoms with E-state index in [4.69, 9.17) is 4.74 Å². The molecular formula is C23H23N3O3S. The number of nitrogens with zero attached hydrogens (tertiary/aromatic N) is 2. The zero-order valence-electron chi connectivity index (χ0n) is 16.5. The van der Waals surface area contributed by atoms with Gasteiger partial charge < -0.3 is 15.0 Å².